The molecule has 138 valence electrons. The number of hydrogen-bond donors (Lipinski definition) is 1. The van der Waals surface area contributed by atoms with E-state index in [0.29, 0.717) is 5.92 Å². The molecule has 1 aliphatic rings. The van der Waals surface area contributed by atoms with Crippen LogP contribution in [0.5, 0.6) is 0 Å². The van der Waals surface area contributed by atoms with Crippen LogP contribution in [-0.2, 0) is 4.79 Å². The highest BCUT2D eigenvalue weighted by Gasteiger charge is 2.26. The third-order valence-corrected chi connectivity index (χ3v) is 4.92. The van der Waals surface area contributed by atoms with Gasteiger partial charge in [0.1, 0.15) is 0 Å². The third kappa shape index (κ3) is 4.38. The molecule has 1 fully saturated rings. The number of carbonyl (C=O) groups excluding carboxylic acids is 1. The van der Waals surface area contributed by atoms with Crippen molar-refractivity contribution in [3.8, 4) is 0 Å². The Hall–Kier alpha value is -2.47. The summed E-state index contributed by atoms with van der Waals surface area (Å²) in [5.74, 6) is 1.28. The number of nitrogens with zero attached hydrogens (tertiary/aromatic N) is 4. The highest BCUT2D eigenvalue weighted by molar-refractivity contribution is 5.94. The number of hydrogen-bond acceptors (Lipinski definition) is 5. The van der Waals surface area contributed by atoms with Crippen molar-refractivity contribution < 1.29 is 4.79 Å². The summed E-state index contributed by atoms with van der Waals surface area (Å²) in [5.41, 5.74) is 2.12. The van der Waals surface area contributed by atoms with Gasteiger partial charge in [-0.25, -0.2) is 9.97 Å². The Kier molecular flexibility index (Phi) is 5.83. The van der Waals surface area contributed by atoms with Crippen molar-refractivity contribution in [1.82, 2.24) is 14.9 Å². The molecule has 3 rings (SSSR count). The van der Waals surface area contributed by atoms with Gasteiger partial charge in [-0.2, -0.15) is 0 Å². The molecule has 1 aromatic heterocycles. The maximum Gasteiger partial charge on any atom is 0.241 e. The van der Waals surface area contributed by atoms with E-state index >= 15 is 0 Å². The zero-order chi connectivity index (χ0) is 18.5. The van der Waals surface area contributed by atoms with E-state index in [1.165, 1.54) is 5.56 Å². The Balaban J connectivity index is 1.53. The fraction of sp³-hybridized carbons (Fsp3) is 0.450. The summed E-state index contributed by atoms with van der Waals surface area (Å²) < 4.78 is 0. The van der Waals surface area contributed by atoms with Crippen LogP contribution in [-0.4, -0.2) is 53.0 Å². The molecule has 1 aliphatic heterocycles. The molecule has 2 heterocycles. The molecule has 0 bridgehead atoms. The van der Waals surface area contributed by atoms with Crippen molar-refractivity contribution in [3.05, 3.63) is 48.3 Å². The SMILES string of the molecule is CC(C)c1ccc(NC(=O)[C@H](C)N2CCN(c3ncccn3)CC2)cc1. The lowest BCUT2D eigenvalue weighted by Gasteiger charge is -2.37. The van der Waals surface area contributed by atoms with Crippen LogP contribution in [0, 0.1) is 0 Å². The van der Waals surface area contributed by atoms with Crippen molar-refractivity contribution in [1.29, 1.82) is 0 Å². The van der Waals surface area contributed by atoms with E-state index in [-0.39, 0.29) is 11.9 Å². The highest BCUT2D eigenvalue weighted by atomic mass is 16.2. The predicted octanol–water partition coefficient (Wildman–Crippen LogP) is 2.75. The Morgan fingerprint density at radius 2 is 1.62 bits per heavy atom. The molecular formula is C20H27N5O. The average Bonchev–Trinajstić information content (AvgIpc) is 2.68. The quantitative estimate of drug-likeness (QED) is 0.896. The lowest BCUT2D eigenvalue weighted by Crippen LogP contribution is -2.53. The first kappa shape index (κ1) is 18.3. The van der Waals surface area contributed by atoms with Crippen LogP contribution in [0.2, 0.25) is 0 Å². The van der Waals surface area contributed by atoms with Crippen LogP contribution in [0.25, 0.3) is 0 Å². The number of rotatable bonds is 5. The minimum Gasteiger partial charge on any atom is -0.338 e. The number of carbonyl (C=O) groups is 1. The Bertz CT molecular complexity index is 709. The number of anilines is 2. The molecule has 6 heteroatoms. The van der Waals surface area contributed by atoms with Crippen molar-refractivity contribution >= 4 is 17.5 Å². The molecule has 1 aromatic carbocycles. The monoisotopic (exact) mass is 353 g/mol. The summed E-state index contributed by atoms with van der Waals surface area (Å²) in [6, 6.07) is 9.75. The van der Waals surface area contributed by atoms with Gasteiger partial charge < -0.3 is 10.2 Å². The zero-order valence-electron chi connectivity index (χ0n) is 15.7. The number of benzene rings is 1. The lowest BCUT2D eigenvalue weighted by atomic mass is 10.0. The molecule has 1 N–H and O–H groups in total. The number of amides is 1. The van der Waals surface area contributed by atoms with Gasteiger partial charge in [0.25, 0.3) is 0 Å². The van der Waals surface area contributed by atoms with Gasteiger partial charge >= 0.3 is 0 Å². The second-order valence-corrected chi connectivity index (χ2v) is 7.01. The van der Waals surface area contributed by atoms with Gasteiger partial charge in [0.2, 0.25) is 11.9 Å². The zero-order valence-corrected chi connectivity index (χ0v) is 15.7. The van der Waals surface area contributed by atoms with Crippen LogP contribution in [0.3, 0.4) is 0 Å². The van der Waals surface area contributed by atoms with Gasteiger partial charge in [0.05, 0.1) is 6.04 Å². The predicted molar refractivity (Wildman–Crippen MR) is 104 cm³/mol. The standard InChI is InChI=1S/C20H27N5O/c1-15(2)17-5-7-18(8-6-17)23-19(26)16(3)24-11-13-25(14-12-24)20-21-9-4-10-22-20/h4-10,15-16H,11-14H2,1-3H3,(H,23,26)/t16-/m0/s1. The fourth-order valence-corrected chi connectivity index (χ4v) is 3.13. The minimum atomic E-state index is -0.168. The first-order valence-electron chi connectivity index (χ1n) is 9.21. The van der Waals surface area contributed by atoms with Crippen LogP contribution in [0.4, 0.5) is 11.6 Å². The van der Waals surface area contributed by atoms with E-state index in [4.69, 9.17) is 0 Å². The molecule has 0 radical (unpaired) electrons. The van der Waals surface area contributed by atoms with Gasteiger partial charge in [-0.15, -0.1) is 0 Å². The molecule has 1 atom stereocenters. The summed E-state index contributed by atoms with van der Waals surface area (Å²) in [5, 5.41) is 3.03. The van der Waals surface area contributed by atoms with E-state index < -0.39 is 0 Å². The lowest BCUT2D eigenvalue weighted by molar-refractivity contribution is -0.120. The van der Waals surface area contributed by atoms with E-state index in [2.05, 4.69) is 51.1 Å². The topological polar surface area (TPSA) is 61.4 Å². The first-order chi connectivity index (χ1) is 12.5. The van der Waals surface area contributed by atoms with Crippen LogP contribution in [0.1, 0.15) is 32.3 Å². The van der Waals surface area contributed by atoms with Crippen molar-refractivity contribution in [2.24, 2.45) is 0 Å². The van der Waals surface area contributed by atoms with Gasteiger partial charge in [-0.05, 0) is 36.6 Å². The summed E-state index contributed by atoms with van der Waals surface area (Å²) in [7, 11) is 0. The van der Waals surface area contributed by atoms with Crippen LogP contribution >= 0.6 is 0 Å². The molecular weight excluding hydrogens is 326 g/mol. The van der Waals surface area contributed by atoms with Crippen molar-refractivity contribution in [3.63, 3.8) is 0 Å². The molecule has 6 nitrogen and oxygen atoms in total. The third-order valence-electron chi connectivity index (χ3n) is 4.92. The molecule has 0 aliphatic carbocycles. The van der Waals surface area contributed by atoms with Crippen LogP contribution in [0.15, 0.2) is 42.7 Å². The molecule has 26 heavy (non-hydrogen) atoms. The maximum atomic E-state index is 12.6. The summed E-state index contributed by atoms with van der Waals surface area (Å²) in [6.45, 7) is 9.58. The minimum absolute atomic E-state index is 0.0340. The summed E-state index contributed by atoms with van der Waals surface area (Å²) in [4.78, 5) is 25.6. The van der Waals surface area contributed by atoms with E-state index in [9.17, 15) is 4.79 Å². The van der Waals surface area contributed by atoms with Gasteiger partial charge in [0, 0.05) is 44.3 Å². The fourth-order valence-electron chi connectivity index (χ4n) is 3.13. The highest BCUT2D eigenvalue weighted by Crippen LogP contribution is 2.18. The second-order valence-electron chi connectivity index (χ2n) is 7.01. The smallest absolute Gasteiger partial charge is 0.241 e. The Labute approximate surface area is 155 Å². The molecule has 0 saturated carbocycles. The summed E-state index contributed by atoms with van der Waals surface area (Å²) in [6.07, 6.45) is 3.52. The van der Waals surface area contributed by atoms with E-state index in [1.807, 2.05) is 25.1 Å². The Morgan fingerprint density at radius 3 is 2.19 bits per heavy atom. The van der Waals surface area contributed by atoms with Crippen LogP contribution < -0.4 is 10.2 Å². The average molecular weight is 353 g/mol. The van der Waals surface area contributed by atoms with E-state index in [1.54, 1.807) is 12.4 Å². The second kappa shape index (κ2) is 8.27. The summed E-state index contributed by atoms with van der Waals surface area (Å²) >= 11 is 0. The van der Waals surface area contributed by atoms with Gasteiger partial charge in [0.15, 0.2) is 0 Å². The number of nitrogens with one attached hydrogen (secondary N) is 1. The molecule has 1 amide bonds. The van der Waals surface area contributed by atoms with E-state index in [0.717, 1.165) is 37.8 Å². The first-order valence-corrected chi connectivity index (χ1v) is 9.21. The molecule has 0 unspecified atom stereocenters. The molecule has 2 aromatic rings. The van der Waals surface area contributed by atoms with Gasteiger partial charge in [-0.3, -0.25) is 9.69 Å². The molecule has 1 saturated heterocycles. The van der Waals surface area contributed by atoms with Crippen molar-refractivity contribution in [2.45, 2.75) is 32.7 Å². The van der Waals surface area contributed by atoms with Gasteiger partial charge in [-0.1, -0.05) is 26.0 Å². The maximum absolute atomic E-state index is 12.6. The number of aromatic nitrogens is 2. The normalized spacial score (nSPS) is 16.5. The molecule has 0 spiro atoms. The van der Waals surface area contributed by atoms with Crippen molar-refractivity contribution in [2.75, 3.05) is 36.4 Å². The number of piperazine rings is 1. The Morgan fingerprint density at radius 1 is 1.00 bits per heavy atom. The largest absolute Gasteiger partial charge is 0.338 e.